The zero-order valence-corrected chi connectivity index (χ0v) is 11.9. The Morgan fingerprint density at radius 2 is 2.21 bits per heavy atom. The Kier molecular flexibility index (Phi) is 4.76. The molecule has 1 heterocycles. The maximum absolute atomic E-state index is 8.69. The van der Waals surface area contributed by atoms with E-state index < -0.39 is 0 Å². The molecule has 2 aromatic rings. The molecule has 0 aliphatic carbocycles. The molecule has 3 N–H and O–H groups in total. The van der Waals surface area contributed by atoms with Gasteiger partial charge in [-0.15, -0.1) is 11.3 Å². The molecule has 1 aromatic carbocycles. The van der Waals surface area contributed by atoms with Crippen molar-refractivity contribution in [1.82, 2.24) is 4.90 Å². The van der Waals surface area contributed by atoms with Crippen LogP contribution in [-0.4, -0.2) is 29.0 Å². The van der Waals surface area contributed by atoms with Gasteiger partial charge in [-0.2, -0.15) is 0 Å². The molecule has 0 atom stereocenters. The van der Waals surface area contributed by atoms with Crippen LogP contribution in [0.2, 0.25) is 0 Å². The van der Waals surface area contributed by atoms with E-state index in [9.17, 15) is 0 Å². The lowest BCUT2D eigenvalue weighted by molar-refractivity contribution is 0.287. The standard InChI is InChI=1S/C14H19N3OS/c1-2-7-17(9-14(15)16-18)8-11-10-19-13-6-4-3-5-12(11)13/h3-6,10,18H,2,7-9H2,1H3,(H2,15,16). The first-order valence-electron chi connectivity index (χ1n) is 6.38. The molecule has 1 aromatic heterocycles. The van der Waals surface area contributed by atoms with Crippen LogP contribution in [0, 0.1) is 0 Å². The molecular weight excluding hydrogens is 258 g/mol. The third-order valence-electron chi connectivity index (χ3n) is 3.01. The van der Waals surface area contributed by atoms with Crippen molar-refractivity contribution in [1.29, 1.82) is 0 Å². The summed E-state index contributed by atoms with van der Waals surface area (Å²) in [6.07, 6.45) is 1.04. The summed E-state index contributed by atoms with van der Waals surface area (Å²) in [5.41, 5.74) is 6.91. The Bertz CT molecular complexity index is 565. The fourth-order valence-electron chi connectivity index (χ4n) is 2.19. The molecule has 0 spiro atoms. The number of rotatable bonds is 6. The van der Waals surface area contributed by atoms with Crippen molar-refractivity contribution in [3.05, 3.63) is 35.2 Å². The van der Waals surface area contributed by atoms with Gasteiger partial charge in [0, 0.05) is 11.2 Å². The lowest BCUT2D eigenvalue weighted by Gasteiger charge is -2.20. The second kappa shape index (κ2) is 6.54. The van der Waals surface area contributed by atoms with E-state index in [1.54, 1.807) is 11.3 Å². The van der Waals surface area contributed by atoms with Crippen LogP contribution in [0.15, 0.2) is 34.8 Å². The highest BCUT2D eigenvalue weighted by molar-refractivity contribution is 7.17. The molecule has 0 unspecified atom stereocenters. The Morgan fingerprint density at radius 3 is 2.95 bits per heavy atom. The minimum atomic E-state index is 0.257. The summed E-state index contributed by atoms with van der Waals surface area (Å²) in [5.74, 6) is 0.257. The second-order valence-corrected chi connectivity index (χ2v) is 5.47. The minimum Gasteiger partial charge on any atom is -0.409 e. The van der Waals surface area contributed by atoms with Crippen molar-refractivity contribution in [2.45, 2.75) is 19.9 Å². The van der Waals surface area contributed by atoms with Crippen LogP contribution in [-0.2, 0) is 6.54 Å². The molecule has 19 heavy (non-hydrogen) atoms. The third kappa shape index (κ3) is 3.45. The van der Waals surface area contributed by atoms with Gasteiger partial charge in [-0.3, -0.25) is 4.90 Å². The highest BCUT2D eigenvalue weighted by Crippen LogP contribution is 2.26. The number of benzene rings is 1. The molecule has 0 bridgehead atoms. The van der Waals surface area contributed by atoms with Gasteiger partial charge in [0.15, 0.2) is 5.84 Å². The number of nitrogens with two attached hydrogens (primary N) is 1. The van der Waals surface area contributed by atoms with Crippen LogP contribution in [0.4, 0.5) is 0 Å². The number of oxime groups is 1. The number of hydrogen-bond donors (Lipinski definition) is 2. The molecule has 0 saturated carbocycles. The molecule has 0 aliphatic heterocycles. The molecule has 0 radical (unpaired) electrons. The van der Waals surface area contributed by atoms with Crippen LogP contribution in [0.3, 0.4) is 0 Å². The van der Waals surface area contributed by atoms with Gasteiger partial charge in [-0.05, 0) is 35.4 Å². The Labute approximate surface area is 117 Å². The van der Waals surface area contributed by atoms with E-state index in [1.165, 1.54) is 15.6 Å². The van der Waals surface area contributed by atoms with E-state index in [0.29, 0.717) is 6.54 Å². The lowest BCUT2D eigenvalue weighted by atomic mass is 10.1. The maximum atomic E-state index is 8.69. The van der Waals surface area contributed by atoms with E-state index in [1.807, 2.05) is 0 Å². The largest absolute Gasteiger partial charge is 0.409 e. The summed E-state index contributed by atoms with van der Waals surface area (Å²) in [7, 11) is 0. The highest BCUT2D eigenvalue weighted by atomic mass is 32.1. The average molecular weight is 277 g/mol. The SMILES string of the molecule is CCCN(C/C(N)=N/O)Cc1csc2ccccc12. The van der Waals surface area contributed by atoms with Gasteiger partial charge < -0.3 is 10.9 Å². The van der Waals surface area contributed by atoms with Gasteiger partial charge in [0.25, 0.3) is 0 Å². The summed E-state index contributed by atoms with van der Waals surface area (Å²) in [6, 6.07) is 8.40. The number of fused-ring (bicyclic) bond motifs is 1. The van der Waals surface area contributed by atoms with E-state index in [-0.39, 0.29) is 5.84 Å². The fourth-order valence-corrected chi connectivity index (χ4v) is 3.14. The predicted molar refractivity (Wildman–Crippen MR) is 80.8 cm³/mol. The van der Waals surface area contributed by atoms with Crippen molar-refractivity contribution < 1.29 is 5.21 Å². The molecule has 102 valence electrons. The maximum Gasteiger partial charge on any atom is 0.153 e. The summed E-state index contributed by atoms with van der Waals surface area (Å²) >= 11 is 1.76. The highest BCUT2D eigenvalue weighted by Gasteiger charge is 2.10. The zero-order chi connectivity index (χ0) is 13.7. The van der Waals surface area contributed by atoms with E-state index in [0.717, 1.165) is 19.5 Å². The van der Waals surface area contributed by atoms with Gasteiger partial charge in [-0.25, -0.2) is 0 Å². The monoisotopic (exact) mass is 277 g/mol. The summed E-state index contributed by atoms with van der Waals surface area (Å²) in [5, 5.41) is 15.2. The minimum absolute atomic E-state index is 0.257. The van der Waals surface area contributed by atoms with Gasteiger partial charge in [-0.1, -0.05) is 30.3 Å². The molecule has 0 amide bonds. The molecule has 0 aliphatic rings. The van der Waals surface area contributed by atoms with Crippen molar-refractivity contribution >= 4 is 27.3 Å². The molecule has 2 rings (SSSR count). The van der Waals surface area contributed by atoms with Gasteiger partial charge in [0.2, 0.25) is 0 Å². The number of hydrogen-bond acceptors (Lipinski definition) is 4. The van der Waals surface area contributed by atoms with E-state index >= 15 is 0 Å². The number of nitrogens with zero attached hydrogens (tertiary/aromatic N) is 2. The van der Waals surface area contributed by atoms with Crippen molar-refractivity contribution in [2.24, 2.45) is 10.9 Å². The van der Waals surface area contributed by atoms with Gasteiger partial charge in [0.1, 0.15) is 0 Å². The van der Waals surface area contributed by atoms with E-state index in [2.05, 4.69) is 46.6 Å². The Morgan fingerprint density at radius 1 is 1.42 bits per heavy atom. The average Bonchev–Trinajstić information content (AvgIpc) is 2.82. The molecule has 5 heteroatoms. The predicted octanol–water partition coefficient (Wildman–Crippen LogP) is 2.86. The first-order valence-corrected chi connectivity index (χ1v) is 7.26. The van der Waals surface area contributed by atoms with Crippen molar-refractivity contribution in [3.8, 4) is 0 Å². The Balaban J connectivity index is 2.16. The van der Waals surface area contributed by atoms with Gasteiger partial charge in [0.05, 0.1) is 6.54 Å². The van der Waals surface area contributed by atoms with Crippen molar-refractivity contribution in [3.63, 3.8) is 0 Å². The van der Waals surface area contributed by atoms with E-state index in [4.69, 9.17) is 10.9 Å². The third-order valence-corrected chi connectivity index (χ3v) is 4.02. The van der Waals surface area contributed by atoms with Crippen LogP contribution >= 0.6 is 11.3 Å². The zero-order valence-electron chi connectivity index (χ0n) is 11.0. The molecular formula is C14H19N3OS. The number of amidine groups is 1. The van der Waals surface area contributed by atoms with Gasteiger partial charge >= 0.3 is 0 Å². The number of thiophene rings is 1. The van der Waals surface area contributed by atoms with Crippen LogP contribution in [0.5, 0.6) is 0 Å². The summed E-state index contributed by atoms with van der Waals surface area (Å²) < 4.78 is 1.30. The summed E-state index contributed by atoms with van der Waals surface area (Å²) in [6.45, 7) is 4.38. The van der Waals surface area contributed by atoms with Crippen LogP contribution in [0.25, 0.3) is 10.1 Å². The normalized spacial score (nSPS) is 12.4. The first kappa shape index (κ1) is 13.8. The van der Waals surface area contributed by atoms with Crippen LogP contribution < -0.4 is 5.73 Å². The smallest absolute Gasteiger partial charge is 0.153 e. The lowest BCUT2D eigenvalue weighted by Crippen LogP contribution is -2.34. The molecule has 0 fully saturated rings. The topological polar surface area (TPSA) is 61.8 Å². The van der Waals surface area contributed by atoms with Crippen molar-refractivity contribution in [2.75, 3.05) is 13.1 Å². The second-order valence-electron chi connectivity index (χ2n) is 4.56. The molecule has 4 nitrogen and oxygen atoms in total. The Hall–Kier alpha value is -1.59. The molecule has 0 saturated heterocycles. The van der Waals surface area contributed by atoms with Crippen LogP contribution in [0.1, 0.15) is 18.9 Å². The first-order chi connectivity index (χ1) is 9.24. The fraction of sp³-hybridized carbons (Fsp3) is 0.357. The quantitative estimate of drug-likeness (QED) is 0.369. The summed E-state index contributed by atoms with van der Waals surface area (Å²) in [4.78, 5) is 2.20.